The molecule has 1 heterocycles. The van der Waals surface area contributed by atoms with E-state index in [-0.39, 0.29) is 0 Å². The number of allylic oxidation sites excluding steroid dienone is 1. The highest BCUT2D eigenvalue weighted by atomic mass is 14.8. The third-order valence-corrected chi connectivity index (χ3v) is 1.10. The van der Waals surface area contributed by atoms with Crippen LogP contribution in [0.3, 0.4) is 0 Å². The number of rotatable bonds is 1. The van der Waals surface area contributed by atoms with Crippen LogP contribution in [0.5, 0.6) is 0 Å². The summed E-state index contributed by atoms with van der Waals surface area (Å²) in [5, 5.41) is 8.21. The first-order valence-corrected chi connectivity index (χ1v) is 3.18. The van der Waals surface area contributed by atoms with Gasteiger partial charge >= 0.3 is 0 Å². The highest BCUT2D eigenvalue weighted by Crippen LogP contribution is 1.96. The van der Waals surface area contributed by atoms with Crippen LogP contribution in [0.1, 0.15) is 11.4 Å². The number of nitrogens with zero attached hydrogens (tertiary/aromatic N) is 3. The second-order valence-electron chi connectivity index (χ2n) is 2.05. The molecule has 1 aromatic rings. The van der Waals surface area contributed by atoms with Crippen molar-refractivity contribution in [3.8, 4) is 6.07 Å². The topological polar surface area (TPSA) is 49.6 Å². The van der Waals surface area contributed by atoms with Crippen LogP contribution in [0.2, 0.25) is 0 Å². The van der Waals surface area contributed by atoms with Gasteiger partial charge in [-0.3, -0.25) is 9.97 Å². The molecule has 3 heteroatoms. The minimum absolute atomic E-state index is 0.714. The van der Waals surface area contributed by atoms with Crippen molar-refractivity contribution in [3.63, 3.8) is 0 Å². The molecule has 0 aromatic carbocycles. The number of nitriles is 1. The first-order chi connectivity index (χ1) is 5.33. The van der Waals surface area contributed by atoms with E-state index in [2.05, 4.69) is 9.97 Å². The standard InChI is InChI=1S/C8H7N3/c1-7-5-10-6-8(11-7)3-2-4-9/h2-3,5-6H,1H3. The minimum Gasteiger partial charge on any atom is -0.261 e. The Labute approximate surface area is 65.0 Å². The Kier molecular flexibility index (Phi) is 2.34. The van der Waals surface area contributed by atoms with E-state index in [1.165, 1.54) is 6.08 Å². The zero-order valence-electron chi connectivity index (χ0n) is 6.15. The molecule has 0 aliphatic rings. The van der Waals surface area contributed by atoms with E-state index < -0.39 is 0 Å². The predicted octanol–water partition coefficient (Wildman–Crippen LogP) is 1.32. The fraction of sp³-hybridized carbons (Fsp3) is 0.125. The van der Waals surface area contributed by atoms with Crippen molar-refractivity contribution in [3.05, 3.63) is 29.9 Å². The Bertz CT molecular complexity index is 309. The van der Waals surface area contributed by atoms with Crippen LogP contribution < -0.4 is 0 Å². The van der Waals surface area contributed by atoms with E-state index in [0.717, 1.165) is 5.69 Å². The smallest absolute Gasteiger partial charge is 0.0912 e. The summed E-state index contributed by atoms with van der Waals surface area (Å²) in [4.78, 5) is 8.02. The van der Waals surface area contributed by atoms with Gasteiger partial charge in [0.15, 0.2) is 0 Å². The summed E-state index contributed by atoms with van der Waals surface area (Å²) in [5.41, 5.74) is 1.57. The molecule has 0 saturated carbocycles. The molecule has 1 rings (SSSR count). The molecule has 0 amide bonds. The van der Waals surface area contributed by atoms with Crippen molar-refractivity contribution in [1.29, 1.82) is 5.26 Å². The van der Waals surface area contributed by atoms with Crippen LogP contribution in [0, 0.1) is 18.3 Å². The molecular weight excluding hydrogens is 138 g/mol. The van der Waals surface area contributed by atoms with Crippen molar-refractivity contribution in [1.82, 2.24) is 9.97 Å². The summed E-state index contributed by atoms with van der Waals surface area (Å²) in [6.07, 6.45) is 6.29. The summed E-state index contributed by atoms with van der Waals surface area (Å²) in [7, 11) is 0. The highest BCUT2D eigenvalue weighted by Gasteiger charge is 1.87. The normalized spacial score (nSPS) is 9.82. The van der Waals surface area contributed by atoms with E-state index in [1.807, 2.05) is 13.0 Å². The zero-order valence-corrected chi connectivity index (χ0v) is 6.15. The molecule has 0 bridgehead atoms. The molecule has 3 nitrogen and oxygen atoms in total. The monoisotopic (exact) mass is 145 g/mol. The summed E-state index contributed by atoms with van der Waals surface area (Å²) < 4.78 is 0. The quantitative estimate of drug-likeness (QED) is 0.560. The van der Waals surface area contributed by atoms with Crippen LogP contribution in [0.25, 0.3) is 6.08 Å². The van der Waals surface area contributed by atoms with Gasteiger partial charge in [0.25, 0.3) is 0 Å². The van der Waals surface area contributed by atoms with Crippen LogP contribution >= 0.6 is 0 Å². The maximum atomic E-state index is 8.21. The fourth-order valence-corrected chi connectivity index (χ4v) is 0.686. The van der Waals surface area contributed by atoms with Gasteiger partial charge in [0.2, 0.25) is 0 Å². The van der Waals surface area contributed by atoms with E-state index in [0.29, 0.717) is 5.69 Å². The Morgan fingerprint density at radius 1 is 1.55 bits per heavy atom. The van der Waals surface area contributed by atoms with Gasteiger partial charge in [-0.2, -0.15) is 5.26 Å². The van der Waals surface area contributed by atoms with Gasteiger partial charge in [-0.05, 0) is 13.0 Å². The van der Waals surface area contributed by atoms with Gasteiger partial charge in [0.05, 0.1) is 23.7 Å². The molecule has 0 aliphatic carbocycles. The van der Waals surface area contributed by atoms with Gasteiger partial charge < -0.3 is 0 Å². The Morgan fingerprint density at radius 3 is 3.00 bits per heavy atom. The molecule has 0 spiro atoms. The molecule has 0 radical (unpaired) electrons. The molecule has 0 aliphatic heterocycles. The van der Waals surface area contributed by atoms with E-state index in [4.69, 9.17) is 5.26 Å². The van der Waals surface area contributed by atoms with Crippen LogP contribution in [-0.2, 0) is 0 Å². The average molecular weight is 145 g/mol. The van der Waals surface area contributed by atoms with Gasteiger partial charge in [0.1, 0.15) is 0 Å². The first kappa shape index (κ1) is 7.42. The average Bonchev–Trinajstić information content (AvgIpc) is 2.01. The Hall–Kier alpha value is -1.69. The number of aromatic nitrogens is 2. The predicted molar refractivity (Wildman–Crippen MR) is 41.4 cm³/mol. The molecular formula is C8H7N3. The van der Waals surface area contributed by atoms with Gasteiger partial charge in [0, 0.05) is 12.3 Å². The van der Waals surface area contributed by atoms with E-state index >= 15 is 0 Å². The lowest BCUT2D eigenvalue weighted by atomic mass is 10.4. The molecule has 54 valence electrons. The molecule has 11 heavy (non-hydrogen) atoms. The third kappa shape index (κ3) is 2.18. The lowest BCUT2D eigenvalue weighted by Crippen LogP contribution is -1.86. The third-order valence-electron chi connectivity index (χ3n) is 1.10. The van der Waals surface area contributed by atoms with Gasteiger partial charge in [-0.15, -0.1) is 0 Å². The number of hydrogen-bond acceptors (Lipinski definition) is 3. The van der Waals surface area contributed by atoms with E-state index in [9.17, 15) is 0 Å². The first-order valence-electron chi connectivity index (χ1n) is 3.18. The second-order valence-corrected chi connectivity index (χ2v) is 2.05. The van der Waals surface area contributed by atoms with E-state index in [1.54, 1.807) is 18.5 Å². The van der Waals surface area contributed by atoms with Crippen molar-refractivity contribution >= 4 is 6.08 Å². The Morgan fingerprint density at radius 2 is 2.36 bits per heavy atom. The SMILES string of the molecule is Cc1cncc(C=CC#N)n1. The molecule has 0 atom stereocenters. The molecule has 0 N–H and O–H groups in total. The number of hydrogen-bond donors (Lipinski definition) is 0. The minimum atomic E-state index is 0.714. The maximum Gasteiger partial charge on any atom is 0.0912 e. The highest BCUT2D eigenvalue weighted by molar-refractivity contribution is 5.46. The lowest BCUT2D eigenvalue weighted by molar-refractivity contribution is 1.10. The largest absolute Gasteiger partial charge is 0.261 e. The summed E-state index contributed by atoms with van der Waals surface area (Å²) in [5.74, 6) is 0. The maximum absolute atomic E-state index is 8.21. The summed E-state index contributed by atoms with van der Waals surface area (Å²) in [6.45, 7) is 1.86. The Balaban J connectivity index is 2.90. The van der Waals surface area contributed by atoms with Crippen molar-refractivity contribution in [2.45, 2.75) is 6.92 Å². The lowest BCUT2D eigenvalue weighted by Gasteiger charge is -1.91. The number of aryl methyl sites for hydroxylation is 1. The zero-order chi connectivity index (χ0) is 8.10. The van der Waals surface area contributed by atoms with Crippen molar-refractivity contribution < 1.29 is 0 Å². The second kappa shape index (κ2) is 3.47. The molecule has 0 saturated heterocycles. The summed E-state index contributed by atoms with van der Waals surface area (Å²) in [6, 6.07) is 1.89. The molecule has 0 unspecified atom stereocenters. The van der Waals surface area contributed by atoms with Crippen molar-refractivity contribution in [2.24, 2.45) is 0 Å². The van der Waals surface area contributed by atoms with Crippen LogP contribution in [-0.4, -0.2) is 9.97 Å². The van der Waals surface area contributed by atoms with Gasteiger partial charge in [-0.25, -0.2) is 0 Å². The van der Waals surface area contributed by atoms with Crippen LogP contribution in [0.15, 0.2) is 18.5 Å². The molecule has 1 aromatic heterocycles. The fourth-order valence-electron chi connectivity index (χ4n) is 0.686. The summed E-state index contributed by atoms with van der Waals surface area (Å²) >= 11 is 0. The van der Waals surface area contributed by atoms with Crippen molar-refractivity contribution in [2.75, 3.05) is 0 Å². The molecule has 0 fully saturated rings. The van der Waals surface area contributed by atoms with Crippen LogP contribution in [0.4, 0.5) is 0 Å². The van der Waals surface area contributed by atoms with Gasteiger partial charge in [-0.1, -0.05) is 0 Å².